The lowest BCUT2D eigenvalue weighted by Gasteiger charge is -2.09. The fraction of sp³-hybridized carbons (Fsp3) is 0.222. The minimum absolute atomic E-state index is 0.0805. The number of phenols is 1. The van der Waals surface area contributed by atoms with E-state index in [9.17, 15) is 5.11 Å². The molecule has 2 aromatic rings. The molecule has 3 heteroatoms. The summed E-state index contributed by atoms with van der Waals surface area (Å²) in [5, 5.41) is 18.1. The van der Waals surface area contributed by atoms with Crippen molar-refractivity contribution in [1.29, 1.82) is 0 Å². The van der Waals surface area contributed by atoms with Crippen LogP contribution in [0.25, 0.3) is 0 Å². The second-order valence-corrected chi connectivity index (χ2v) is 4.71. The van der Waals surface area contributed by atoms with Crippen molar-refractivity contribution in [2.45, 2.75) is 20.0 Å². The van der Waals surface area contributed by atoms with Crippen molar-refractivity contribution in [3.05, 3.63) is 59.2 Å². The van der Waals surface area contributed by atoms with E-state index in [2.05, 4.69) is 11.8 Å². The number of rotatable bonds is 4. The molecule has 0 saturated carbocycles. The maximum atomic E-state index is 9.42. The molecule has 0 aliphatic rings. The molecule has 0 aliphatic heterocycles. The molecule has 0 amide bonds. The molecule has 0 aliphatic carbocycles. The van der Waals surface area contributed by atoms with E-state index in [1.165, 1.54) is 0 Å². The molecule has 0 unspecified atom stereocenters. The lowest BCUT2D eigenvalue weighted by atomic mass is 10.1. The molecule has 2 aromatic carbocycles. The van der Waals surface area contributed by atoms with Gasteiger partial charge < -0.3 is 14.9 Å². The Labute approximate surface area is 124 Å². The van der Waals surface area contributed by atoms with E-state index < -0.39 is 0 Å². The van der Waals surface area contributed by atoms with Crippen LogP contribution in [0.4, 0.5) is 0 Å². The molecule has 0 aromatic heterocycles. The number of aliphatic hydroxyl groups excluding tert-OH is 1. The first-order valence-corrected chi connectivity index (χ1v) is 6.80. The smallest absolute Gasteiger partial charge is 0.122 e. The Balaban J connectivity index is 2.03. The van der Waals surface area contributed by atoms with Crippen LogP contribution in [-0.4, -0.2) is 16.8 Å². The molecule has 0 fully saturated rings. The SMILES string of the molecule is Cc1cc(C#CCCO)ccc1OCc1cccc(O)c1. The maximum Gasteiger partial charge on any atom is 0.122 e. The molecular weight excluding hydrogens is 264 g/mol. The number of aromatic hydroxyl groups is 1. The van der Waals surface area contributed by atoms with Crippen molar-refractivity contribution in [1.82, 2.24) is 0 Å². The molecule has 0 atom stereocenters. The zero-order chi connectivity index (χ0) is 15.1. The maximum absolute atomic E-state index is 9.42. The van der Waals surface area contributed by atoms with Gasteiger partial charge in [-0.3, -0.25) is 0 Å². The minimum Gasteiger partial charge on any atom is -0.508 e. The Morgan fingerprint density at radius 2 is 2.00 bits per heavy atom. The van der Waals surface area contributed by atoms with Crippen LogP contribution in [0.5, 0.6) is 11.5 Å². The van der Waals surface area contributed by atoms with Crippen LogP contribution < -0.4 is 4.74 Å². The van der Waals surface area contributed by atoms with Gasteiger partial charge in [-0.25, -0.2) is 0 Å². The zero-order valence-corrected chi connectivity index (χ0v) is 12.0. The first-order chi connectivity index (χ1) is 10.2. The number of hydrogen-bond donors (Lipinski definition) is 2. The summed E-state index contributed by atoms with van der Waals surface area (Å²) in [5.74, 6) is 6.93. The third kappa shape index (κ3) is 4.55. The summed E-state index contributed by atoms with van der Waals surface area (Å²) in [6, 6.07) is 12.8. The van der Waals surface area contributed by atoms with Crippen LogP contribution in [0.15, 0.2) is 42.5 Å². The molecule has 0 radical (unpaired) electrons. The average molecular weight is 282 g/mol. The monoisotopic (exact) mass is 282 g/mol. The zero-order valence-electron chi connectivity index (χ0n) is 12.0. The molecule has 3 nitrogen and oxygen atoms in total. The molecule has 0 heterocycles. The molecular formula is C18H18O3. The summed E-state index contributed by atoms with van der Waals surface area (Å²) in [6.45, 7) is 2.46. The number of benzene rings is 2. The lowest BCUT2D eigenvalue weighted by Crippen LogP contribution is -1.97. The number of ether oxygens (including phenoxy) is 1. The first kappa shape index (κ1) is 15.0. The van der Waals surface area contributed by atoms with E-state index in [4.69, 9.17) is 9.84 Å². The highest BCUT2D eigenvalue weighted by atomic mass is 16.5. The molecule has 0 spiro atoms. The van der Waals surface area contributed by atoms with Gasteiger partial charge in [-0.15, -0.1) is 0 Å². The van der Waals surface area contributed by atoms with E-state index >= 15 is 0 Å². The predicted molar refractivity (Wildman–Crippen MR) is 82.2 cm³/mol. The summed E-state index contributed by atoms with van der Waals surface area (Å²) in [7, 11) is 0. The van der Waals surface area contributed by atoms with Crippen LogP contribution in [0.2, 0.25) is 0 Å². The third-order valence-electron chi connectivity index (χ3n) is 2.95. The molecule has 21 heavy (non-hydrogen) atoms. The number of aryl methyl sites for hydroxylation is 1. The molecule has 0 bridgehead atoms. The largest absolute Gasteiger partial charge is 0.508 e. The van der Waals surface area contributed by atoms with E-state index in [0.29, 0.717) is 13.0 Å². The molecule has 108 valence electrons. The standard InChI is InChI=1S/C18H18O3/c1-14-11-15(5-2-3-10-19)8-9-18(14)21-13-16-6-4-7-17(20)12-16/h4,6-9,11-12,19-20H,3,10,13H2,1H3. The van der Waals surface area contributed by atoms with Crippen molar-refractivity contribution in [3.8, 4) is 23.3 Å². The predicted octanol–water partition coefficient (Wildman–Crippen LogP) is 3.01. The Morgan fingerprint density at radius 3 is 2.71 bits per heavy atom. The van der Waals surface area contributed by atoms with Gasteiger partial charge in [-0.1, -0.05) is 24.0 Å². The second kappa shape index (κ2) is 7.37. The normalized spacial score (nSPS) is 9.81. The number of phenolic OH excluding ortho intramolecular Hbond substituents is 1. The van der Waals surface area contributed by atoms with E-state index in [-0.39, 0.29) is 12.4 Å². The highest BCUT2D eigenvalue weighted by Gasteiger charge is 2.02. The van der Waals surface area contributed by atoms with Gasteiger partial charge in [-0.05, 0) is 48.4 Å². The van der Waals surface area contributed by atoms with Crippen molar-refractivity contribution in [2.24, 2.45) is 0 Å². The van der Waals surface area contributed by atoms with Crippen LogP contribution in [0, 0.1) is 18.8 Å². The van der Waals surface area contributed by atoms with Crippen molar-refractivity contribution in [3.63, 3.8) is 0 Å². The highest BCUT2D eigenvalue weighted by Crippen LogP contribution is 2.21. The van der Waals surface area contributed by atoms with Gasteiger partial charge in [0.2, 0.25) is 0 Å². The van der Waals surface area contributed by atoms with Crippen molar-refractivity contribution in [2.75, 3.05) is 6.61 Å². The second-order valence-electron chi connectivity index (χ2n) is 4.71. The van der Waals surface area contributed by atoms with Crippen LogP contribution >= 0.6 is 0 Å². The molecule has 0 saturated heterocycles. The fourth-order valence-electron chi connectivity index (χ4n) is 1.92. The van der Waals surface area contributed by atoms with E-state index in [0.717, 1.165) is 22.4 Å². The van der Waals surface area contributed by atoms with E-state index in [1.807, 2.05) is 31.2 Å². The first-order valence-electron chi connectivity index (χ1n) is 6.80. The van der Waals surface area contributed by atoms with Crippen molar-refractivity contribution >= 4 is 0 Å². The Morgan fingerprint density at radius 1 is 1.14 bits per heavy atom. The van der Waals surface area contributed by atoms with Gasteiger partial charge in [-0.2, -0.15) is 0 Å². The number of hydrogen-bond acceptors (Lipinski definition) is 3. The fourth-order valence-corrected chi connectivity index (χ4v) is 1.92. The van der Waals surface area contributed by atoms with Gasteiger partial charge >= 0.3 is 0 Å². The lowest BCUT2D eigenvalue weighted by molar-refractivity contribution is 0.303. The third-order valence-corrected chi connectivity index (χ3v) is 2.95. The minimum atomic E-state index is 0.0805. The van der Waals surface area contributed by atoms with Crippen LogP contribution in [0.1, 0.15) is 23.1 Å². The highest BCUT2D eigenvalue weighted by molar-refractivity contribution is 5.43. The van der Waals surface area contributed by atoms with E-state index in [1.54, 1.807) is 18.2 Å². The molecule has 2 N–H and O–H groups in total. The summed E-state index contributed by atoms with van der Waals surface area (Å²) >= 11 is 0. The average Bonchev–Trinajstić information content (AvgIpc) is 2.47. The summed E-state index contributed by atoms with van der Waals surface area (Å²) in [4.78, 5) is 0. The van der Waals surface area contributed by atoms with Gasteiger partial charge in [0.05, 0.1) is 6.61 Å². The number of aliphatic hydroxyl groups is 1. The Kier molecular flexibility index (Phi) is 5.25. The summed E-state index contributed by atoms with van der Waals surface area (Å²) in [5.41, 5.74) is 2.83. The van der Waals surface area contributed by atoms with Gasteiger partial charge in [0, 0.05) is 12.0 Å². The quantitative estimate of drug-likeness (QED) is 0.848. The molecule has 2 rings (SSSR count). The summed E-state index contributed by atoms with van der Waals surface area (Å²) in [6.07, 6.45) is 0.481. The van der Waals surface area contributed by atoms with Gasteiger partial charge in [0.15, 0.2) is 0 Å². The topological polar surface area (TPSA) is 49.7 Å². The van der Waals surface area contributed by atoms with Crippen molar-refractivity contribution < 1.29 is 14.9 Å². The van der Waals surface area contributed by atoms with Crippen LogP contribution in [0.3, 0.4) is 0 Å². The van der Waals surface area contributed by atoms with Gasteiger partial charge in [0.25, 0.3) is 0 Å². The Bertz CT molecular complexity index is 666. The summed E-state index contributed by atoms with van der Waals surface area (Å²) < 4.78 is 5.76. The van der Waals surface area contributed by atoms with Gasteiger partial charge in [0.1, 0.15) is 18.1 Å². The van der Waals surface area contributed by atoms with Crippen LogP contribution in [-0.2, 0) is 6.61 Å². The Hall–Kier alpha value is -2.44.